The third kappa shape index (κ3) is 3.80. The maximum absolute atomic E-state index is 13.3. The molecule has 1 N–H and O–H groups in total. The molecule has 0 spiro atoms. The summed E-state index contributed by atoms with van der Waals surface area (Å²) in [5.74, 6) is -0.184. The first-order valence-corrected chi connectivity index (χ1v) is 9.62. The molecule has 0 fully saturated rings. The van der Waals surface area contributed by atoms with Gasteiger partial charge in [0.25, 0.3) is 11.6 Å². The van der Waals surface area contributed by atoms with E-state index in [4.69, 9.17) is 0 Å². The zero-order valence-electron chi connectivity index (χ0n) is 16.7. The van der Waals surface area contributed by atoms with Crippen molar-refractivity contribution >= 4 is 23.0 Å². The largest absolute Gasteiger partial charge is 0.351 e. The molecule has 4 rings (SSSR count). The highest BCUT2D eigenvalue weighted by atomic mass is 16.6. The van der Waals surface area contributed by atoms with Crippen LogP contribution in [-0.4, -0.2) is 10.8 Å². The first-order valence-electron chi connectivity index (χ1n) is 9.62. The van der Waals surface area contributed by atoms with Crippen LogP contribution in [0.3, 0.4) is 0 Å². The number of rotatable bonds is 5. The smallest absolute Gasteiger partial charge is 0.275 e. The van der Waals surface area contributed by atoms with Crippen LogP contribution in [0.5, 0.6) is 0 Å². The van der Waals surface area contributed by atoms with E-state index in [-0.39, 0.29) is 11.6 Å². The third-order valence-electron chi connectivity index (χ3n) is 5.12. The molecule has 0 bridgehead atoms. The van der Waals surface area contributed by atoms with E-state index in [1.165, 1.54) is 12.1 Å². The molecule has 1 atom stereocenters. The van der Waals surface area contributed by atoms with E-state index in [9.17, 15) is 14.9 Å². The van der Waals surface area contributed by atoms with E-state index in [0.717, 1.165) is 22.5 Å². The van der Waals surface area contributed by atoms with Gasteiger partial charge in [-0.3, -0.25) is 19.8 Å². The lowest BCUT2D eigenvalue weighted by atomic mass is 10.0. The second-order valence-corrected chi connectivity index (χ2v) is 7.38. The van der Waals surface area contributed by atoms with Crippen LogP contribution in [0.2, 0.25) is 0 Å². The number of anilines is 2. The fraction of sp³-hybridized carbons (Fsp3) is 0.125. The maximum atomic E-state index is 13.3. The van der Waals surface area contributed by atoms with Crippen molar-refractivity contribution in [2.45, 2.75) is 19.9 Å². The Morgan fingerprint density at radius 2 is 1.57 bits per heavy atom. The lowest BCUT2D eigenvalue weighted by Crippen LogP contribution is -2.30. The Hall–Kier alpha value is -3.93. The summed E-state index contributed by atoms with van der Waals surface area (Å²) < 4.78 is 0. The molecule has 30 heavy (non-hydrogen) atoms. The van der Waals surface area contributed by atoms with E-state index in [1.54, 1.807) is 17.0 Å². The number of benzene rings is 3. The van der Waals surface area contributed by atoms with Crippen LogP contribution in [0.1, 0.15) is 22.7 Å². The second-order valence-electron chi connectivity index (χ2n) is 7.38. The predicted molar refractivity (Wildman–Crippen MR) is 117 cm³/mol. The highest BCUT2D eigenvalue weighted by Crippen LogP contribution is 2.37. The van der Waals surface area contributed by atoms with Gasteiger partial charge in [0, 0.05) is 23.5 Å². The number of carbonyl (C=O) groups is 1. The van der Waals surface area contributed by atoms with Crippen molar-refractivity contribution < 1.29 is 9.72 Å². The highest BCUT2D eigenvalue weighted by molar-refractivity contribution is 6.11. The minimum atomic E-state index is -0.451. The maximum Gasteiger partial charge on any atom is 0.275 e. The number of non-ortho nitro benzene ring substituents is 1. The lowest BCUT2D eigenvalue weighted by Gasteiger charge is -2.25. The van der Waals surface area contributed by atoms with Crippen LogP contribution in [0, 0.1) is 24.0 Å². The van der Waals surface area contributed by atoms with Gasteiger partial charge in [-0.15, -0.1) is 0 Å². The van der Waals surface area contributed by atoms with Crippen molar-refractivity contribution in [2.24, 2.45) is 0 Å². The number of nitrogens with zero attached hydrogens (tertiary/aromatic N) is 2. The number of nitro benzene ring substituents is 1. The molecule has 3 aromatic rings. The van der Waals surface area contributed by atoms with Crippen LogP contribution in [-0.2, 0) is 4.79 Å². The molecule has 0 saturated carbocycles. The fourth-order valence-electron chi connectivity index (χ4n) is 3.50. The van der Waals surface area contributed by atoms with E-state index in [1.807, 2.05) is 68.5 Å². The van der Waals surface area contributed by atoms with Crippen molar-refractivity contribution in [3.8, 4) is 0 Å². The van der Waals surface area contributed by atoms with Gasteiger partial charge in [-0.25, -0.2) is 0 Å². The van der Waals surface area contributed by atoms with Crippen molar-refractivity contribution in [1.82, 2.24) is 0 Å². The van der Waals surface area contributed by atoms with E-state index >= 15 is 0 Å². The molecule has 0 aromatic heterocycles. The summed E-state index contributed by atoms with van der Waals surface area (Å²) in [7, 11) is 0. The number of hydrogen-bond acceptors (Lipinski definition) is 4. The molecular weight excluding hydrogens is 378 g/mol. The van der Waals surface area contributed by atoms with Gasteiger partial charge in [-0.2, -0.15) is 0 Å². The standard InChI is InChI=1S/C24H21N3O3/c1-16-6-10-19(11-7-16)25-22-15-23(18-4-3-5-21(14-18)27(29)30)26(24(22)28)20-12-8-17(2)9-13-20/h3-15,23,25H,1-2H3/t23-/m1/s1. The van der Waals surface area contributed by atoms with Gasteiger partial charge in [0.15, 0.2) is 0 Å². The number of nitrogens with one attached hydrogen (secondary N) is 1. The van der Waals surface area contributed by atoms with Crippen LogP contribution in [0.15, 0.2) is 84.6 Å². The van der Waals surface area contributed by atoms with Crippen molar-refractivity contribution in [2.75, 3.05) is 10.2 Å². The van der Waals surface area contributed by atoms with Crippen LogP contribution in [0.4, 0.5) is 17.1 Å². The number of aryl methyl sites for hydroxylation is 2. The number of amides is 1. The SMILES string of the molecule is Cc1ccc(NC2=C[C@H](c3cccc([N+](=O)[O-])c3)N(c3ccc(C)cc3)C2=O)cc1. The van der Waals surface area contributed by atoms with Gasteiger partial charge in [-0.05, 0) is 49.8 Å². The van der Waals surface area contributed by atoms with Gasteiger partial charge in [0.2, 0.25) is 0 Å². The molecule has 1 aliphatic heterocycles. The van der Waals surface area contributed by atoms with Crippen molar-refractivity contribution in [3.05, 3.63) is 111 Å². The van der Waals surface area contributed by atoms with E-state index in [2.05, 4.69) is 5.32 Å². The first-order chi connectivity index (χ1) is 14.4. The normalized spacial score (nSPS) is 15.8. The Balaban J connectivity index is 1.75. The predicted octanol–water partition coefficient (Wildman–Crippen LogP) is 5.30. The molecule has 6 heteroatoms. The van der Waals surface area contributed by atoms with Gasteiger partial charge in [-0.1, -0.05) is 47.5 Å². The summed E-state index contributed by atoms with van der Waals surface area (Å²) in [5, 5.41) is 14.5. The van der Waals surface area contributed by atoms with Gasteiger partial charge < -0.3 is 5.32 Å². The molecule has 1 aliphatic rings. The molecule has 1 heterocycles. The quantitative estimate of drug-likeness (QED) is 0.467. The molecule has 1 amide bonds. The molecular formula is C24H21N3O3. The Kier molecular flexibility index (Phi) is 5.06. The summed E-state index contributed by atoms with van der Waals surface area (Å²) >= 11 is 0. The summed E-state index contributed by atoms with van der Waals surface area (Å²) in [4.78, 5) is 25.8. The zero-order valence-corrected chi connectivity index (χ0v) is 16.7. The van der Waals surface area contributed by atoms with Crippen molar-refractivity contribution in [3.63, 3.8) is 0 Å². The molecule has 6 nitrogen and oxygen atoms in total. The van der Waals surface area contributed by atoms with Gasteiger partial charge >= 0.3 is 0 Å². The monoisotopic (exact) mass is 399 g/mol. The highest BCUT2D eigenvalue weighted by Gasteiger charge is 2.35. The Bertz CT molecular complexity index is 1140. The Morgan fingerprint density at radius 1 is 0.933 bits per heavy atom. The lowest BCUT2D eigenvalue weighted by molar-refractivity contribution is -0.384. The topological polar surface area (TPSA) is 75.5 Å². The zero-order chi connectivity index (χ0) is 21.3. The minimum Gasteiger partial charge on any atom is -0.351 e. The molecule has 0 radical (unpaired) electrons. The summed E-state index contributed by atoms with van der Waals surface area (Å²) in [6.45, 7) is 3.98. The summed E-state index contributed by atoms with van der Waals surface area (Å²) in [5.41, 5.74) is 4.88. The average molecular weight is 399 g/mol. The molecule has 0 unspecified atom stereocenters. The molecule has 0 saturated heterocycles. The summed E-state index contributed by atoms with van der Waals surface area (Å²) in [6.07, 6.45) is 1.82. The van der Waals surface area contributed by atoms with Gasteiger partial charge in [0.05, 0.1) is 11.0 Å². The van der Waals surface area contributed by atoms with Gasteiger partial charge in [0.1, 0.15) is 5.70 Å². The van der Waals surface area contributed by atoms with Crippen LogP contribution in [0.25, 0.3) is 0 Å². The Labute approximate surface area is 174 Å². The first kappa shape index (κ1) is 19.4. The summed E-state index contributed by atoms with van der Waals surface area (Å²) in [6, 6.07) is 21.4. The molecule has 3 aromatic carbocycles. The van der Waals surface area contributed by atoms with E-state index < -0.39 is 11.0 Å². The number of hydrogen-bond donors (Lipinski definition) is 1. The Morgan fingerprint density at radius 3 is 2.20 bits per heavy atom. The average Bonchev–Trinajstić information content (AvgIpc) is 3.06. The molecule has 150 valence electrons. The minimum absolute atomic E-state index is 0.00264. The van der Waals surface area contributed by atoms with E-state index in [0.29, 0.717) is 11.3 Å². The fourth-order valence-corrected chi connectivity index (χ4v) is 3.50. The van der Waals surface area contributed by atoms with Crippen LogP contribution < -0.4 is 10.2 Å². The third-order valence-corrected chi connectivity index (χ3v) is 5.12. The number of carbonyl (C=O) groups excluding carboxylic acids is 1. The van der Waals surface area contributed by atoms with Crippen LogP contribution >= 0.6 is 0 Å². The molecule has 0 aliphatic carbocycles. The second kappa shape index (κ2) is 7.83. The number of nitro groups is 1. The van der Waals surface area contributed by atoms with Crippen molar-refractivity contribution in [1.29, 1.82) is 0 Å².